The van der Waals surface area contributed by atoms with E-state index in [1.54, 1.807) is 0 Å². The van der Waals surface area contributed by atoms with Gasteiger partial charge >= 0.3 is 6.03 Å². The van der Waals surface area contributed by atoms with Crippen LogP contribution in [0.5, 0.6) is 0 Å². The molecule has 3 amide bonds. The number of anilines is 1. The van der Waals surface area contributed by atoms with Crippen molar-refractivity contribution >= 4 is 17.6 Å². The second-order valence-electron chi connectivity index (χ2n) is 5.78. The van der Waals surface area contributed by atoms with Gasteiger partial charge in [-0.2, -0.15) is 0 Å². The third-order valence-corrected chi connectivity index (χ3v) is 2.95. The van der Waals surface area contributed by atoms with E-state index in [1.807, 2.05) is 38.1 Å². The lowest BCUT2D eigenvalue weighted by Crippen LogP contribution is -2.43. The van der Waals surface area contributed by atoms with Gasteiger partial charge in [-0.05, 0) is 29.5 Å². The molecule has 1 aromatic rings. The first-order valence-electron chi connectivity index (χ1n) is 7.30. The number of carbonyl (C=O) groups is 2. The monoisotopic (exact) mass is 291 g/mol. The first-order valence-corrected chi connectivity index (χ1v) is 7.30. The molecular weight excluding hydrogens is 266 g/mol. The lowest BCUT2D eigenvalue weighted by atomic mass is 10.0. The number of carbonyl (C=O) groups excluding carboxylic acids is 2. The van der Waals surface area contributed by atoms with E-state index in [0.29, 0.717) is 18.4 Å². The molecule has 0 aliphatic rings. The summed E-state index contributed by atoms with van der Waals surface area (Å²) in [4.78, 5) is 23.0. The van der Waals surface area contributed by atoms with Gasteiger partial charge in [0.2, 0.25) is 5.91 Å². The Bertz CT molecular complexity index is 467. The van der Waals surface area contributed by atoms with Crippen molar-refractivity contribution in [1.82, 2.24) is 10.6 Å². The van der Waals surface area contributed by atoms with Crippen molar-refractivity contribution in [2.75, 3.05) is 18.4 Å². The van der Waals surface area contributed by atoms with E-state index in [1.165, 1.54) is 5.56 Å². The SMILES string of the molecule is CC(C)CNC(=O)NC(=O)CNc1ccc(C(C)C)cc1. The molecule has 5 nitrogen and oxygen atoms in total. The van der Waals surface area contributed by atoms with Gasteiger partial charge in [0.05, 0.1) is 6.54 Å². The van der Waals surface area contributed by atoms with Crippen LogP contribution in [-0.4, -0.2) is 25.0 Å². The highest BCUT2D eigenvalue weighted by atomic mass is 16.2. The molecule has 0 aromatic heterocycles. The van der Waals surface area contributed by atoms with Crippen molar-refractivity contribution in [2.45, 2.75) is 33.6 Å². The summed E-state index contributed by atoms with van der Waals surface area (Å²) in [6.07, 6.45) is 0. The largest absolute Gasteiger partial charge is 0.376 e. The summed E-state index contributed by atoms with van der Waals surface area (Å²) in [6.45, 7) is 8.85. The molecule has 0 aliphatic heterocycles. The van der Waals surface area contributed by atoms with E-state index in [9.17, 15) is 9.59 Å². The lowest BCUT2D eigenvalue weighted by molar-refractivity contribution is -0.118. The van der Waals surface area contributed by atoms with Gasteiger partial charge in [-0.3, -0.25) is 10.1 Å². The van der Waals surface area contributed by atoms with Gasteiger partial charge in [-0.15, -0.1) is 0 Å². The third kappa shape index (κ3) is 6.79. The number of nitrogens with one attached hydrogen (secondary N) is 3. The van der Waals surface area contributed by atoms with Crippen molar-refractivity contribution in [3.05, 3.63) is 29.8 Å². The number of hydrogen-bond donors (Lipinski definition) is 3. The summed E-state index contributed by atoms with van der Waals surface area (Å²) in [6, 6.07) is 7.47. The molecule has 0 fully saturated rings. The van der Waals surface area contributed by atoms with E-state index < -0.39 is 6.03 Å². The maximum atomic E-state index is 11.6. The fraction of sp³-hybridized carbons (Fsp3) is 0.500. The van der Waals surface area contributed by atoms with Crippen LogP contribution in [0.3, 0.4) is 0 Å². The normalized spacial score (nSPS) is 10.6. The molecule has 0 atom stereocenters. The summed E-state index contributed by atoms with van der Waals surface area (Å²) in [5.41, 5.74) is 2.11. The quantitative estimate of drug-likeness (QED) is 0.754. The Balaban J connectivity index is 2.34. The number of benzene rings is 1. The summed E-state index contributed by atoms with van der Waals surface area (Å²) < 4.78 is 0. The first kappa shape index (κ1) is 17.0. The Morgan fingerprint density at radius 3 is 2.19 bits per heavy atom. The maximum Gasteiger partial charge on any atom is 0.321 e. The minimum absolute atomic E-state index is 0.0656. The van der Waals surface area contributed by atoms with Crippen LogP contribution in [0.25, 0.3) is 0 Å². The highest BCUT2D eigenvalue weighted by Crippen LogP contribution is 2.16. The molecule has 0 saturated carbocycles. The molecule has 5 heteroatoms. The number of imide groups is 1. The van der Waals surface area contributed by atoms with Crippen molar-refractivity contribution in [3.8, 4) is 0 Å². The molecule has 0 aliphatic carbocycles. The van der Waals surface area contributed by atoms with Crippen LogP contribution in [0.15, 0.2) is 24.3 Å². The fourth-order valence-electron chi connectivity index (χ4n) is 1.68. The van der Waals surface area contributed by atoms with Gasteiger partial charge in [0.1, 0.15) is 0 Å². The minimum Gasteiger partial charge on any atom is -0.376 e. The van der Waals surface area contributed by atoms with Crippen molar-refractivity contribution in [3.63, 3.8) is 0 Å². The van der Waals surface area contributed by atoms with E-state index >= 15 is 0 Å². The summed E-state index contributed by atoms with van der Waals surface area (Å²) >= 11 is 0. The van der Waals surface area contributed by atoms with Gasteiger partial charge in [0.15, 0.2) is 0 Å². The molecular formula is C16H25N3O2. The zero-order valence-corrected chi connectivity index (χ0v) is 13.2. The summed E-state index contributed by atoms with van der Waals surface area (Å²) in [5, 5.41) is 7.90. The average Bonchev–Trinajstić information content (AvgIpc) is 2.43. The zero-order valence-electron chi connectivity index (χ0n) is 13.2. The van der Waals surface area contributed by atoms with Crippen molar-refractivity contribution < 1.29 is 9.59 Å². The molecule has 0 saturated heterocycles. The second kappa shape index (κ2) is 8.29. The van der Waals surface area contributed by atoms with Crippen LogP contribution in [0.4, 0.5) is 10.5 Å². The average molecular weight is 291 g/mol. The molecule has 0 radical (unpaired) electrons. The Labute approximate surface area is 126 Å². The van der Waals surface area contributed by atoms with Gasteiger partial charge in [0.25, 0.3) is 0 Å². The van der Waals surface area contributed by atoms with Gasteiger partial charge < -0.3 is 10.6 Å². The third-order valence-electron chi connectivity index (χ3n) is 2.95. The summed E-state index contributed by atoms with van der Waals surface area (Å²) in [5.74, 6) is 0.472. The van der Waals surface area contributed by atoms with Crippen LogP contribution < -0.4 is 16.0 Å². The number of hydrogen-bond acceptors (Lipinski definition) is 3. The Hall–Kier alpha value is -2.04. The van der Waals surface area contributed by atoms with Gasteiger partial charge in [-0.25, -0.2) is 4.79 Å². The molecule has 1 aromatic carbocycles. The van der Waals surface area contributed by atoms with E-state index in [0.717, 1.165) is 5.69 Å². The molecule has 116 valence electrons. The predicted octanol–water partition coefficient (Wildman–Crippen LogP) is 2.70. The van der Waals surface area contributed by atoms with Crippen LogP contribution >= 0.6 is 0 Å². The predicted molar refractivity (Wildman–Crippen MR) is 85.4 cm³/mol. The van der Waals surface area contributed by atoms with Crippen LogP contribution in [0, 0.1) is 5.92 Å². The topological polar surface area (TPSA) is 70.2 Å². The van der Waals surface area contributed by atoms with E-state index in [4.69, 9.17) is 0 Å². The van der Waals surface area contributed by atoms with Gasteiger partial charge in [0, 0.05) is 12.2 Å². The van der Waals surface area contributed by atoms with Crippen LogP contribution in [0.2, 0.25) is 0 Å². The summed E-state index contributed by atoms with van der Waals surface area (Å²) in [7, 11) is 0. The highest BCUT2D eigenvalue weighted by molar-refractivity contribution is 5.96. The number of amides is 3. The minimum atomic E-state index is -0.453. The van der Waals surface area contributed by atoms with Crippen molar-refractivity contribution in [1.29, 1.82) is 0 Å². The zero-order chi connectivity index (χ0) is 15.8. The van der Waals surface area contributed by atoms with Crippen LogP contribution in [0.1, 0.15) is 39.2 Å². The Morgan fingerprint density at radius 1 is 1.05 bits per heavy atom. The maximum absolute atomic E-state index is 11.6. The second-order valence-corrected chi connectivity index (χ2v) is 5.78. The molecule has 1 rings (SSSR count). The van der Waals surface area contributed by atoms with Crippen LogP contribution in [-0.2, 0) is 4.79 Å². The lowest BCUT2D eigenvalue weighted by Gasteiger charge is -2.10. The number of urea groups is 1. The number of rotatable bonds is 6. The smallest absolute Gasteiger partial charge is 0.321 e. The highest BCUT2D eigenvalue weighted by Gasteiger charge is 2.07. The molecule has 0 bridgehead atoms. The van der Waals surface area contributed by atoms with Gasteiger partial charge in [-0.1, -0.05) is 39.8 Å². The molecule has 21 heavy (non-hydrogen) atoms. The molecule has 3 N–H and O–H groups in total. The Morgan fingerprint density at radius 2 is 1.67 bits per heavy atom. The molecule has 0 unspecified atom stereocenters. The first-order chi connectivity index (χ1) is 9.88. The molecule has 0 spiro atoms. The standard InChI is InChI=1S/C16H25N3O2/c1-11(2)9-18-16(21)19-15(20)10-17-14-7-5-13(6-8-14)12(3)4/h5-8,11-12,17H,9-10H2,1-4H3,(H2,18,19,20,21). The fourth-order valence-corrected chi connectivity index (χ4v) is 1.68. The van der Waals surface area contributed by atoms with Crippen molar-refractivity contribution in [2.24, 2.45) is 5.92 Å². The molecule has 0 heterocycles. The Kier molecular flexibility index (Phi) is 6.72. The van der Waals surface area contributed by atoms with E-state index in [-0.39, 0.29) is 12.5 Å². The van der Waals surface area contributed by atoms with E-state index in [2.05, 4.69) is 29.8 Å².